The van der Waals surface area contributed by atoms with E-state index < -0.39 is 0 Å². The molecule has 0 radical (unpaired) electrons. The van der Waals surface area contributed by atoms with Crippen molar-refractivity contribution in [1.29, 1.82) is 0 Å². The number of aromatic nitrogens is 1. The monoisotopic (exact) mass is 311 g/mol. The Morgan fingerprint density at radius 2 is 2.24 bits per heavy atom. The van der Waals surface area contributed by atoms with E-state index in [4.69, 9.17) is 9.72 Å². The number of anilines is 1. The van der Waals surface area contributed by atoms with E-state index in [1.165, 1.54) is 22.1 Å². The topological polar surface area (TPSA) is 37.4 Å². The van der Waals surface area contributed by atoms with E-state index in [9.17, 15) is 0 Å². The standard InChI is InChI=1S/C16H29N3OS/c1-6-13-15(9-17-11(2)3)21-16(18-13)19-8-7-12(4)14(10-19)20-5/h11-12,14,17H,6-10H2,1-5H3. The number of hydrogen-bond donors (Lipinski definition) is 1. The summed E-state index contributed by atoms with van der Waals surface area (Å²) in [6.45, 7) is 11.8. The van der Waals surface area contributed by atoms with Gasteiger partial charge in [0.1, 0.15) is 0 Å². The molecule has 120 valence electrons. The zero-order chi connectivity index (χ0) is 15.4. The molecule has 0 aromatic carbocycles. The van der Waals surface area contributed by atoms with Crippen LogP contribution in [0.4, 0.5) is 5.13 Å². The van der Waals surface area contributed by atoms with E-state index in [0.29, 0.717) is 18.1 Å². The predicted molar refractivity (Wildman–Crippen MR) is 90.3 cm³/mol. The number of methoxy groups -OCH3 is 1. The zero-order valence-electron chi connectivity index (χ0n) is 14.0. The highest BCUT2D eigenvalue weighted by Crippen LogP contribution is 2.31. The summed E-state index contributed by atoms with van der Waals surface area (Å²) in [6.07, 6.45) is 2.51. The van der Waals surface area contributed by atoms with Gasteiger partial charge in [-0.3, -0.25) is 0 Å². The molecule has 2 atom stereocenters. The summed E-state index contributed by atoms with van der Waals surface area (Å²) in [7, 11) is 1.82. The Kier molecular flexibility index (Phi) is 6.02. The predicted octanol–water partition coefficient (Wildman–Crippen LogP) is 3.06. The number of nitrogens with zero attached hydrogens (tertiary/aromatic N) is 2. The molecule has 1 saturated heterocycles. The molecule has 1 fully saturated rings. The van der Waals surface area contributed by atoms with Gasteiger partial charge in [0.15, 0.2) is 5.13 Å². The van der Waals surface area contributed by atoms with Crippen molar-refractivity contribution in [2.45, 2.75) is 59.2 Å². The van der Waals surface area contributed by atoms with Crippen LogP contribution in [0.3, 0.4) is 0 Å². The third-order valence-electron chi connectivity index (χ3n) is 4.24. The highest BCUT2D eigenvalue weighted by molar-refractivity contribution is 7.15. The van der Waals surface area contributed by atoms with Gasteiger partial charge in [0, 0.05) is 37.7 Å². The number of hydrogen-bond acceptors (Lipinski definition) is 5. The van der Waals surface area contributed by atoms with Crippen LogP contribution in [0.25, 0.3) is 0 Å². The molecule has 2 unspecified atom stereocenters. The van der Waals surface area contributed by atoms with E-state index in [2.05, 4.69) is 37.9 Å². The van der Waals surface area contributed by atoms with Crippen molar-refractivity contribution in [3.63, 3.8) is 0 Å². The fourth-order valence-electron chi connectivity index (χ4n) is 2.73. The number of thiazole rings is 1. The first kappa shape index (κ1) is 16.7. The molecule has 1 aromatic heterocycles. The minimum atomic E-state index is 0.324. The average molecular weight is 311 g/mol. The first-order valence-corrected chi connectivity index (χ1v) is 8.86. The molecule has 0 saturated carbocycles. The van der Waals surface area contributed by atoms with Gasteiger partial charge in [-0.1, -0.05) is 27.7 Å². The van der Waals surface area contributed by atoms with E-state index in [1.807, 2.05) is 18.4 Å². The van der Waals surface area contributed by atoms with Crippen molar-refractivity contribution in [3.05, 3.63) is 10.6 Å². The van der Waals surface area contributed by atoms with Crippen LogP contribution in [-0.4, -0.2) is 37.3 Å². The Morgan fingerprint density at radius 1 is 1.48 bits per heavy atom. The van der Waals surface area contributed by atoms with Gasteiger partial charge in [-0.25, -0.2) is 4.98 Å². The van der Waals surface area contributed by atoms with E-state index in [-0.39, 0.29) is 0 Å². The summed E-state index contributed by atoms with van der Waals surface area (Å²) in [4.78, 5) is 8.66. The van der Waals surface area contributed by atoms with Gasteiger partial charge in [-0.2, -0.15) is 0 Å². The minimum absolute atomic E-state index is 0.324. The number of aryl methyl sites for hydroxylation is 1. The molecule has 0 amide bonds. The summed E-state index contributed by atoms with van der Waals surface area (Å²) < 4.78 is 5.62. The number of ether oxygens (including phenoxy) is 1. The first-order chi connectivity index (χ1) is 10.0. The first-order valence-electron chi connectivity index (χ1n) is 8.04. The van der Waals surface area contributed by atoms with E-state index >= 15 is 0 Å². The lowest BCUT2D eigenvalue weighted by Gasteiger charge is -2.36. The molecule has 0 aliphatic carbocycles. The quantitative estimate of drug-likeness (QED) is 0.876. The van der Waals surface area contributed by atoms with Crippen LogP contribution in [0.15, 0.2) is 0 Å². The fraction of sp³-hybridized carbons (Fsp3) is 0.812. The van der Waals surface area contributed by atoms with Crippen LogP contribution in [0.1, 0.15) is 44.7 Å². The Labute approximate surface area is 132 Å². The summed E-state index contributed by atoms with van der Waals surface area (Å²) >= 11 is 1.84. The summed E-state index contributed by atoms with van der Waals surface area (Å²) in [5.74, 6) is 0.638. The molecule has 21 heavy (non-hydrogen) atoms. The van der Waals surface area contributed by atoms with E-state index in [0.717, 1.165) is 26.1 Å². The maximum Gasteiger partial charge on any atom is 0.185 e. The lowest BCUT2D eigenvalue weighted by molar-refractivity contribution is 0.0498. The minimum Gasteiger partial charge on any atom is -0.379 e. The number of rotatable bonds is 6. The Balaban J connectivity index is 2.09. The highest BCUT2D eigenvalue weighted by atomic mass is 32.1. The second-order valence-electron chi connectivity index (χ2n) is 6.24. The van der Waals surface area contributed by atoms with Crippen molar-refractivity contribution in [1.82, 2.24) is 10.3 Å². The van der Waals surface area contributed by atoms with Gasteiger partial charge < -0.3 is 15.0 Å². The second kappa shape index (κ2) is 7.56. The summed E-state index contributed by atoms with van der Waals surface area (Å²) in [5.41, 5.74) is 1.25. The maximum absolute atomic E-state index is 5.62. The Morgan fingerprint density at radius 3 is 2.86 bits per heavy atom. The van der Waals surface area contributed by atoms with Crippen LogP contribution in [-0.2, 0) is 17.7 Å². The summed E-state index contributed by atoms with van der Waals surface area (Å²) in [5, 5.41) is 4.67. The highest BCUT2D eigenvalue weighted by Gasteiger charge is 2.28. The molecule has 4 nitrogen and oxygen atoms in total. The molecular weight excluding hydrogens is 282 g/mol. The normalized spacial score (nSPS) is 23.0. The maximum atomic E-state index is 5.62. The lowest BCUT2D eigenvalue weighted by Crippen LogP contribution is -2.43. The van der Waals surface area contributed by atoms with Gasteiger partial charge in [-0.15, -0.1) is 11.3 Å². The van der Waals surface area contributed by atoms with Crippen molar-refractivity contribution in [3.8, 4) is 0 Å². The lowest BCUT2D eigenvalue weighted by atomic mass is 9.96. The molecule has 1 N–H and O–H groups in total. The van der Waals surface area contributed by atoms with Crippen molar-refractivity contribution in [2.24, 2.45) is 5.92 Å². The number of nitrogens with one attached hydrogen (secondary N) is 1. The molecule has 2 rings (SSSR count). The molecule has 1 aliphatic heterocycles. The molecular formula is C16H29N3OS. The van der Waals surface area contributed by atoms with Crippen molar-refractivity contribution < 1.29 is 4.74 Å². The zero-order valence-corrected chi connectivity index (χ0v) is 14.8. The largest absolute Gasteiger partial charge is 0.379 e. The van der Waals surface area contributed by atoms with Crippen LogP contribution in [0.5, 0.6) is 0 Å². The van der Waals surface area contributed by atoms with Crippen LogP contribution < -0.4 is 10.2 Å². The Bertz CT molecular complexity index is 447. The average Bonchev–Trinajstić information content (AvgIpc) is 2.88. The van der Waals surface area contributed by atoms with Crippen molar-refractivity contribution in [2.75, 3.05) is 25.1 Å². The van der Waals surface area contributed by atoms with Crippen molar-refractivity contribution >= 4 is 16.5 Å². The molecule has 1 aliphatic rings. The van der Waals surface area contributed by atoms with Crippen LogP contribution in [0.2, 0.25) is 0 Å². The fourth-order valence-corrected chi connectivity index (χ4v) is 3.86. The van der Waals surface area contributed by atoms with E-state index in [1.54, 1.807) is 0 Å². The van der Waals surface area contributed by atoms with Gasteiger partial charge in [0.25, 0.3) is 0 Å². The smallest absolute Gasteiger partial charge is 0.185 e. The second-order valence-corrected chi connectivity index (χ2v) is 7.30. The number of piperidine rings is 1. The third-order valence-corrected chi connectivity index (χ3v) is 5.39. The van der Waals surface area contributed by atoms with Crippen LogP contribution >= 0.6 is 11.3 Å². The summed E-state index contributed by atoms with van der Waals surface area (Å²) in [6, 6.07) is 0.508. The molecule has 1 aromatic rings. The third kappa shape index (κ3) is 4.18. The van der Waals surface area contributed by atoms with Crippen LogP contribution in [0, 0.1) is 5.92 Å². The molecule has 2 heterocycles. The van der Waals surface area contributed by atoms with Gasteiger partial charge in [-0.05, 0) is 18.8 Å². The Hall–Kier alpha value is -0.650. The molecule has 5 heteroatoms. The SMILES string of the molecule is CCc1nc(N2CCC(C)C(OC)C2)sc1CNC(C)C. The van der Waals surface area contributed by atoms with Gasteiger partial charge in [0.05, 0.1) is 11.8 Å². The molecule has 0 spiro atoms. The van der Waals surface area contributed by atoms with Gasteiger partial charge >= 0.3 is 0 Å². The van der Waals surface area contributed by atoms with Gasteiger partial charge in [0.2, 0.25) is 0 Å². The molecule has 0 bridgehead atoms.